The molecule has 0 amide bonds. The van der Waals surface area contributed by atoms with Crippen molar-refractivity contribution in [3.8, 4) is 0 Å². The number of nitrogens with zero attached hydrogens (tertiary/aromatic N) is 1. The molecule has 4 nitrogen and oxygen atoms in total. The van der Waals surface area contributed by atoms with Crippen LogP contribution in [0.3, 0.4) is 0 Å². The van der Waals surface area contributed by atoms with E-state index in [9.17, 15) is 4.79 Å². The smallest absolute Gasteiger partial charge is 0.157 e. The van der Waals surface area contributed by atoms with Gasteiger partial charge in [-0.25, -0.2) is 0 Å². The van der Waals surface area contributed by atoms with E-state index in [2.05, 4.69) is 4.98 Å². The maximum Gasteiger partial charge on any atom is 0.157 e. The first kappa shape index (κ1) is 12.7. The van der Waals surface area contributed by atoms with Gasteiger partial charge < -0.3 is 10.5 Å². The standard InChI is InChI=1S/C14H16N2O2/c1-18-9-12(15)14(17)8-11-7-6-10-4-2-3-5-13(10)16-11/h2-7,12H,8-9,15H2,1H3. The van der Waals surface area contributed by atoms with Crippen molar-refractivity contribution in [2.45, 2.75) is 12.5 Å². The van der Waals surface area contributed by atoms with E-state index in [4.69, 9.17) is 10.5 Å². The first-order chi connectivity index (χ1) is 8.70. The molecule has 1 aromatic heterocycles. The number of methoxy groups -OCH3 is 1. The maximum atomic E-state index is 11.8. The molecule has 0 bridgehead atoms. The van der Waals surface area contributed by atoms with E-state index in [1.807, 2.05) is 36.4 Å². The number of hydrogen-bond acceptors (Lipinski definition) is 4. The number of aromatic nitrogens is 1. The predicted molar refractivity (Wildman–Crippen MR) is 70.3 cm³/mol. The SMILES string of the molecule is COCC(N)C(=O)Cc1ccc2ccccc2n1. The Morgan fingerprint density at radius 2 is 2.11 bits per heavy atom. The minimum atomic E-state index is -0.580. The molecule has 1 aromatic carbocycles. The highest BCUT2D eigenvalue weighted by molar-refractivity contribution is 5.86. The lowest BCUT2D eigenvalue weighted by Crippen LogP contribution is -2.36. The van der Waals surface area contributed by atoms with E-state index in [0.29, 0.717) is 0 Å². The summed E-state index contributed by atoms with van der Waals surface area (Å²) in [6, 6.07) is 11.1. The summed E-state index contributed by atoms with van der Waals surface area (Å²) in [5, 5.41) is 1.06. The summed E-state index contributed by atoms with van der Waals surface area (Å²) >= 11 is 0. The zero-order chi connectivity index (χ0) is 13.0. The third-order valence-electron chi connectivity index (χ3n) is 2.77. The van der Waals surface area contributed by atoms with Crippen LogP contribution in [0.5, 0.6) is 0 Å². The van der Waals surface area contributed by atoms with Crippen LogP contribution in [-0.4, -0.2) is 30.5 Å². The zero-order valence-corrected chi connectivity index (χ0v) is 10.3. The number of ketones is 1. The Kier molecular flexibility index (Phi) is 4.02. The molecule has 1 unspecified atom stereocenters. The van der Waals surface area contributed by atoms with E-state index < -0.39 is 6.04 Å². The van der Waals surface area contributed by atoms with Crippen molar-refractivity contribution < 1.29 is 9.53 Å². The highest BCUT2D eigenvalue weighted by Crippen LogP contribution is 2.12. The number of carbonyl (C=O) groups excluding carboxylic acids is 1. The number of nitrogens with two attached hydrogens (primary N) is 1. The molecule has 4 heteroatoms. The number of pyridine rings is 1. The lowest BCUT2D eigenvalue weighted by atomic mass is 10.1. The lowest BCUT2D eigenvalue weighted by Gasteiger charge is -2.09. The molecule has 2 rings (SSSR count). The van der Waals surface area contributed by atoms with Crippen LogP contribution in [-0.2, 0) is 16.0 Å². The first-order valence-corrected chi connectivity index (χ1v) is 5.82. The van der Waals surface area contributed by atoms with Crippen LogP contribution in [0.1, 0.15) is 5.69 Å². The molecule has 0 aliphatic heterocycles. The maximum absolute atomic E-state index is 11.8. The number of rotatable bonds is 5. The molecular weight excluding hydrogens is 228 g/mol. The molecule has 0 saturated carbocycles. The fourth-order valence-corrected chi connectivity index (χ4v) is 1.79. The normalized spacial score (nSPS) is 12.6. The summed E-state index contributed by atoms with van der Waals surface area (Å²) in [7, 11) is 1.53. The van der Waals surface area contributed by atoms with Crippen molar-refractivity contribution in [3.05, 3.63) is 42.1 Å². The number of Topliss-reactive ketones (excluding diaryl/α,β-unsaturated/α-hetero) is 1. The van der Waals surface area contributed by atoms with Gasteiger partial charge in [0.2, 0.25) is 0 Å². The molecular formula is C14H16N2O2. The molecule has 0 spiro atoms. The van der Waals surface area contributed by atoms with E-state index in [-0.39, 0.29) is 18.8 Å². The second kappa shape index (κ2) is 5.71. The molecule has 0 fully saturated rings. The number of para-hydroxylation sites is 1. The van der Waals surface area contributed by atoms with Crippen LogP contribution in [0.4, 0.5) is 0 Å². The largest absolute Gasteiger partial charge is 0.383 e. The minimum absolute atomic E-state index is 0.0559. The average Bonchev–Trinajstić information content (AvgIpc) is 2.39. The Labute approximate surface area is 106 Å². The van der Waals surface area contributed by atoms with Crippen molar-refractivity contribution in [3.63, 3.8) is 0 Å². The van der Waals surface area contributed by atoms with E-state index in [0.717, 1.165) is 16.6 Å². The van der Waals surface area contributed by atoms with Gasteiger partial charge >= 0.3 is 0 Å². The number of benzene rings is 1. The summed E-state index contributed by atoms with van der Waals surface area (Å²) in [5.74, 6) is -0.0559. The van der Waals surface area contributed by atoms with Gasteiger partial charge in [0, 0.05) is 18.2 Å². The summed E-state index contributed by atoms with van der Waals surface area (Å²) in [6.45, 7) is 0.242. The Morgan fingerprint density at radius 3 is 2.89 bits per heavy atom. The predicted octanol–water partition coefficient (Wildman–Crippen LogP) is 1.32. The van der Waals surface area contributed by atoms with Gasteiger partial charge in [-0.15, -0.1) is 0 Å². The van der Waals surface area contributed by atoms with E-state index in [1.165, 1.54) is 7.11 Å². The molecule has 1 atom stereocenters. The molecule has 0 aliphatic rings. The van der Waals surface area contributed by atoms with Crippen LogP contribution in [0.15, 0.2) is 36.4 Å². The minimum Gasteiger partial charge on any atom is -0.383 e. The van der Waals surface area contributed by atoms with Crippen molar-refractivity contribution in [1.82, 2.24) is 4.98 Å². The van der Waals surface area contributed by atoms with Gasteiger partial charge in [-0.1, -0.05) is 24.3 Å². The Balaban J connectivity index is 2.14. The molecule has 0 aliphatic carbocycles. The third kappa shape index (κ3) is 2.91. The molecule has 1 heterocycles. The fourth-order valence-electron chi connectivity index (χ4n) is 1.79. The lowest BCUT2D eigenvalue weighted by molar-refractivity contribution is -0.120. The van der Waals surface area contributed by atoms with Crippen molar-refractivity contribution in [1.29, 1.82) is 0 Å². The van der Waals surface area contributed by atoms with Gasteiger partial charge in [-0.3, -0.25) is 9.78 Å². The van der Waals surface area contributed by atoms with Gasteiger partial charge in [0.15, 0.2) is 5.78 Å². The highest BCUT2D eigenvalue weighted by Gasteiger charge is 2.14. The summed E-state index contributed by atoms with van der Waals surface area (Å²) in [5.41, 5.74) is 7.32. The Morgan fingerprint density at radius 1 is 1.33 bits per heavy atom. The summed E-state index contributed by atoms with van der Waals surface area (Å²) in [6.07, 6.45) is 0.245. The third-order valence-corrected chi connectivity index (χ3v) is 2.77. The van der Waals surface area contributed by atoms with Gasteiger partial charge in [-0.05, 0) is 12.1 Å². The summed E-state index contributed by atoms with van der Waals surface area (Å²) < 4.78 is 4.87. The Hall–Kier alpha value is -1.78. The van der Waals surface area contributed by atoms with Gasteiger partial charge in [0.25, 0.3) is 0 Å². The van der Waals surface area contributed by atoms with Gasteiger partial charge in [0.1, 0.15) is 0 Å². The average molecular weight is 244 g/mol. The Bertz CT molecular complexity index is 554. The van der Waals surface area contributed by atoms with Crippen LogP contribution in [0.2, 0.25) is 0 Å². The van der Waals surface area contributed by atoms with Gasteiger partial charge in [-0.2, -0.15) is 0 Å². The number of fused-ring (bicyclic) bond motifs is 1. The van der Waals surface area contributed by atoms with Crippen LogP contribution >= 0.6 is 0 Å². The molecule has 18 heavy (non-hydrogen) atoms. The monoisotopic (exact) mass is 244 g/mol. The van der Waals surface area contributed by atoms with Crippen molar-refractivity contribution in [2.24, 2.45) is 5.73 Å². The number of ether oxygens (including phenoxy) is 1. The van der Waals surface area contributed by atoms with Crippen LogP contribution < -0.4 is 5.73 Å². The zero-order valence-electron chi connectivity index (χ0n) is 10.3. The molecule has 0 saturated heterocycles. The van der Waals surface area contributed by atoms with Crippen LogP contribution in [0.25, 0.3) is 10.9 Å². The van der Waals surface area contributed by atoms with E-state index >= 15 is 0 Å². The quantitative estimate of drug-likeness (QED) is 0.861. The number of hydrogen-bond donors (Lipinski definition) is 1. The second-order valence-corrected chi connectivity index (χ2v) is 4.20. The molecule has 2 aromatic rings. The fraction of sp³-hybridized carbons (Fsp3) is 0.286. The second-order valence-electron chi connectivity index (χ2n) is 4.20. The molecule has 94 valence electrons. The van der Waals surface area contributed by atoms with Gasteiger partial charge in [0.05, 0.1) is 24.6 Å². The topological polar surface area (TPSA) is 65.2 Å². The molecule has 0 radical (unpaired) electrons. The highest BCUT2D eigenvalue weighted by atomic mass is 16.5. The molecule has 2 N–H and O–H groups in total. The van der Waals surface area contributed by atoms with Crippen molar-refractivity contribution >= 4 is 16.7 Å². The van der Waals surface area contributed by atoms with Crippen molar-refractivity contribution in [2.75, 3.05) is 13.7 Å². The van der Waals surface area contributed by atoms with E-state index in [1.54, 1.807) is 0 Å². The summed E-state index contributed by atoms with van der Waals surface area (Å²) in [4.78, 5) is 16.2. The number of carbonyl (C=O) groups is 1. The van der Waals surface area contributed by atoms with Crippen LogP contribution in [0, 0.1) is 0 Å². The first-order valence-electron chi connectivity index (χ1n) is 5.82.